The Hall–Kier alpha value is -3.33. The van der Waals surface area contributed by atoms with Gasteiger partial charge in [-0.3, -0.25) is 9.36 Å². The second-order valence-electron chi connectivity index (χ2n) is 8.23. The maximum Gasteiger partial charge on any atom is 0.286 e. The zero-order valence-electron chi connectivity index (χ0n) is 19.0. The van der Waals surface area contributed by atoms with E-state index in [2.05, 4.69) is 19.0 Å². The van der Waals surface area contributed by atoms with E-state index in [9.17, 15) is 27.1 Å². The van der Waals surface area contributed by atoms with Crippen LogP contribution >= 0.6 is 0 Å². The number of anilines is 2. The van der Waals surface area contributed by atoms with Crippen LogP contribution in [0.25, 0.3) is 11.0 Å². The molecule has 0 saturated heterocycles. The minimum Gasteiger partial charge on any atom is -0.748 e. The molecule has 0 bridgehead atoms. The third-order valence-electron chi connectivity index (χ3n) is 5.40. The summed E-state index contributed by atoms with van der Waals surface area (Å²) in [4.78, 5) is 17.4. The van der Waals surface area contributed by atoms with Gasteiger partial charge in [-0.1, -0.05) is 13.8 Å². The van der Waals surface area contributed by atoms with Gasteiger partial charge < -0.3 is 15.0 Å². The molecule has 1 aliphatic heterocycles. The molecule has 2 N–H and O–H groups in total. The summed E-state index contributed by atoms with van der Waals surface area (Å²) in [6.45, 7) is 4.32. The average Bonchev–Trinajstić information content (AvgIpc) is 2.78. The Labute approximate surface area is 203 Å². The van der Waals surface area contributed by atoms with E-state index in [4.69, 9.17) is 0 Å². The van der Waals surface area contributed by atoms with E-state index in [1.54, 1.807) is 12.1 Å². The summed E-state index contributed by atoms with van der Waals surface area (Å²) in [5.74, 6) is -0.487. The average molecular weight is 521 g/mol. The number of hydrogen-bond donors (Lipinski definition) is 2. The monoisotopic (exact) mass is 520 g/mol. The number of amidine groups is 1. The van der Waals surface area contributed by atoms with E-state index in [1.165, 1.54) is 36.0 Å². The Kier molecular flexibility index (Phi) is 6.64. The van der Waals surface area contributed by atoms with E-state index in [0.29, 0.717) is 13.0 Å². The van der Waals surface area contributed by atoms with Crippen molar-refractivity contribution in [2.45, 2.75) is 31.7 Å². The van der Waals surface area contributed by atoms with Crippen LogP contribution in [0.4, 0.5) is 11.4 Å². The summed E-state index contributed by atoms with van der Waals surface area (Å²) in [5.41, 5.74) is -0.430. The van der Waals surface area contributed by atoms with Crippen molar-refractivity contribution in [2.75, 3.05) is 17.4 Å². The highest BCUT2D eigenvalue weighted by atomic mass is 32.2. The largest absolute Gasteiger partial charge is 0.748 e. The number of nitrogens with zero attached hydrogens (tertiary/aromatic N) is 4. The number of rotatable bonds is 7. The van der Waals surface area contributed by atoms with Crippen molar-refractivity contribution in [1.29, 1.82) is 0 Å². The second kappa shape index (κ2) is 9.37. The molecule has 0 radical (unpaired) electrons. The van der Waals surface area contributed by atoms with E-state index < -0.39 is 32.7 Å². The zero-order chi connectivity index (χ0) is 25.5. The number of benzene rings is 1. The van der Waals surface area contributed by atoms with Crippen LogP contribution in [-0.4, -0.2) is 44.7 Å². The quantitative estimate of drug-likeness (QED) is 0.347. The highest BCUT2D eigenvalue weighted by molar-refractivity contribution is 7.90. The summed E-state index contributed by atoms with van der Waals surface area (Å²) in [6.07, 6.45) is 2.16. The maximum absolute atomic E-state index is 13.5. The Bertz CT molecular complexity index is 1530. The number of aromatic nitrogens is 2. The van der Waals surface area contributed by atoms with Crippen molar-refractivity contribution in [1.82, 2.24) is 9.55 Å². The number of aryl methyl sites for hydroxylation is 1. The van der Waals surface area contributed by atoms with Gasteiger partial charge in [-0.15, -0.1) is 4.40 Å². The third kappa shape index (κ3) is 4.77. The van der Waals surface area contributed by atoms with Crippen LogP contribution in [0.5, 0.6) is 5.75 Å². The molecule has 0 saturated carbocycles. The molecule has 0 fully saturated rings. The van der Waals surface area contributed by atoms with Crippen LogP contribution in [0.2, 0.25) is 0 Å². The molecule has 0 aliphatic carbocycles. The topological polar surface area (TPSA) is 166 Å². The van der Waals surface area contributed by atoms with Gasteiger partial charge in [-0.05, 0) is 42.7 Å². The lowest BCUT2D eigenvalue weighted by atomic mass is 10.1. The molecule has 0 amide bonds. The van der Waals surface area contributed by atoms with Crippen LogP contribution in [0.1, 0.15) is 25.8 Å². The Morgan fingerprint density at radius 3 is 2.74 bits per heavy atom. The van der Waals surface area contributed by atoms with Crippen molar-refractivity contribution in [3.8, 4) is 5.75 Å². The van der Waals surface area contributed by atoms with Crippen LogP contribution in [0.15, 0.2) is 50.6 Å². The standard InChI is InChI=1S/C21H23N5O7S2/c1-12(2)8-10-26-20-14(5-4-9-22-20)18(27)17(21(26)28)19-23-15-7-6-13(25(3)33-34(29)30)11-16(15)35(31,32)24-19/h4-7,9,11-12,27H,8,10H2,1-3H3,(H,23,24)(H,29,30)/p-1. The van der Waals surface area contributed by atoms with Gasteiger partial charge in [0.05, 0.1) is 16.8 Å². The fourth-order valence-corrected chi connectivity index (χ4v) is 5.07. The number of hydrogen-bond acceptors (Lipinski definition) is 10. The lowest BCUT2D eigenvalue weighted by Crippen LogP contribution is -2.33. The van der Waals surface area contributed by atoms with Gasteiger partial charge in [-0.2, -0.15) is 12.7 Å². The number of hydroxylamine groups is 1. The van der Waals surface area contributed by atoms with Crippen molar-refractivity contribution >= 4 is 49.6 Å². The van der Waals surface area contributed by atoms with Gasteiger partial charge in [0, 0.05) is 19.8 Å². The van der Waals surface area contributed by atoms with Crippen molar-refractivity contribution in [2.24, 2.45) is 10.3 Å². The smallest absolute Gasteiger partial charge is 0.286 e. The number of fused-ring (bicyclic) bond motifs is 2. The first-order valence-corrected chi connectivity index (χ1v) is 12.9. The Balaban J connectivity index is 1.86. The summed E-state index contributed by atoms with van der Waals surface area (Å²) < 4.78 is 57.3. The lowest BCUT2D eigenvalue weighted by Gasteiger charge is -2.23. The SMILES string of the molecule is CC(C)CCn1c(=O)c(C2=NS(=O)(=O)c3cc(N(C)OS(=O)[O-])ccc3N2)c(O)c2cccnc21. The minimum atomic E-state index is -4.33. The summed E-state index contributed by atoms with van der Waals surface area (Å²) in [7, 11) is -3.05. The van der Waals surface area contributed by atoms with Gasteiger partial charge in [-0.25, -0.2) is 14.3 Å². The molecule has 1 unspecified atom stereocenters. The molecular weight excluding hydrogens is 498 g/mol. The number of aromatic hydroxyl groups is 1. The zero-order valence-corrected chi connectivity index (χ0v) is 20.6. The Morgan fingerprint density at radius 1 is 1.31 bits per heavy atom. The van der Waals surface area contributed by atoms with E-state index in [0.717, 1.165) is 5.06 Å². The molecular formula is C21H22N5O7S2-. The molecule has 4 rings (SSSR count). The predicted octanol–water partition coefficient (Wildman–Crippen LogP) is 1.87. The number of sulfonamides is 1. The van der Waals surface area contributed by atoms with E-state index >= 15 is 0 Å². The van der Waals surface area contributed by atoms with Crippen molar-refractivity contribution < 1.29 is 26.6 Å². The third-order valence-corrected chi connectivity index (χ3v) is 7.07. The number of pyridine rings is 2. The fourth-order valence-electron chi connectivity index (χ4n) is 3.66. The normalized spacial score (nSPS) is 15.4. The van der Waals surface area contributed by atoms with E-state index in [1.807, 2.05) is 13.8 Å². The van der Waals surface area contributed by atoms with Gasteiger partial charge >= 0.3 is 0 Å². The molecule has 3 heterocycles. The van der Waals surface area contributed by atoms with Crippen LogP contribution in [0.3, 0.4) is 0 Å². The summed E-state index contributed by atoms with van der Waals surface area (Å²) >= 11 is -2.86. The summed E-state index contributed by atoms with van der Waals surface area (Å²) in [5, 5.41) is 14.9. The molecule has 2 aromatic heterocycles. The van der Waals surface area contributed by atoms with Crippen LogP contribution < -0.4 is 15.9 Å². The molecule has 3 aromatic rings. The molecule has 186 valence electrons. The van der Waals surface area contributed by atoms with Crippen LogP contribution in [0, 0.1) is 5.92 Å². The molecule has 1 atom stereocenters. The van der Waals surface area contributed by atoms with E-state index in [-0.39, 0.29) is 44.6 Å². The van der Waals surface area contributed by atoms with Crippen molar-refractivity contribution in [3.05, 3.63) is 52.4 Å². The molecule has 14 heteroatoms. The highest BCUT2D eigenvalue weighted by Gasteiger charge is 2.30. The molecule has 1 aliphatic rings. The summed E-state index contributed by atoms with van der Waals surface area (Å²) in [6, 6.07) is 7.15. The molecule has 12 nitrogen and oxygen atoms in total. The van der Waals surface area contributed by atoms with Gasteiger partial charge in [0.15, 0.2) is 5.84 Å². The Morgan fingerprint density at radius 2 is 2.06 bits per heavy atom. The molecule has 1 aromatic carbocycles. The van der Waals surface area contributed by atoms with Crippen LogP contribution in [-0.2, 0) is 32.2 Å². The van der Waals surface area contributed by atoms with Gasteiger partial charge in [0.1, 0.15) is 33.2 Å². The second-order valence-corrected chi connectivity index (χ2v) is 10.4. The molecule has 0 spiro atoms. The minimum absolute atomic E-state index is 0.0919. The molecule has 35 heavy (non-hydrogen) atoms. The maximum atomic E-state index is 13.5. The first-order valence-electron chi connectivity index (χ1n) is 10.5. The first kappa shape index (κ1) is 24.8. The number of nitrogens with one attached hydrogen (secondary N) is 1. The first-order chi connectivity index (χ1) is 16.5. The van der Waals surface area contributed by atoms with Gasteiger partial charge in [0.2, 0.25) is 0 Å². The highest BCUT2D eigenvalue weighted by Crippen LogP contribution is 2.34. The van der Waals surface area contributed by atoms with Crippen molar-refractivity contribution in [3.63, 3.8) is 0 Å². The fraction of sp³-hybridized carbons (Fsp3) is 0.286. The van der Waals surface area contributed by atoms with Gasteiger partial charge in [0.25, 0.3) is 15.6 Å². The predicted molar refractivity (Wildman–Crippen MR) is 129 cm³/mol. The lowest BCUT2D eigenvalue weighted by molar-refractivity contribution is 0.289.